The number of aromatic nitrogens is 1. The summed E-state index contributed by atoms with van der Waals surface area (Å²) in [7, 11) is 0. The Bertz CT molecular complexity index is 949. The van der Waals surface area contributed by atoms with E-state index in [-0.39, 0.29) is 18.1 Å². The third kappa shape index (κ3) is 2.90. The number of aliphatic imine (C=N–C) groups is 1. The molecule has 1 aliphatic carbocycles. The number of amides is 1. The first kappa shape index (κ1) is 17.7. The smallest absolute Gasteiger partial charge is 0.310 e. The van der Waals surface area contributed by atoms with Gasteiger partial charge in [-0.15, -0.1) is 0 Å². The third-order valence-electron chi connectivity index (χ3n) is 4.84. The van der Waals surface area contributed by atoms with E-state index in [9.17, 15) is 13.6 Å². The minimum atomic E-state index is -3.21. The van der Waals surface area contributed by atoms with Crippen LogP contribution in [-0.4, -0.2) is 29.4 Å². The van der Waals surface area contributed by atoms with Crippen molar-refractivity contribution in [3.05, 3.63) is 58.4 Å². The van der Waals surface area contributed by atoms with Gasteiger partial charge in [0.25, 0.3) is 11.9 Å². The number of nitrogens with zero attached hydrogens (tertiary/aromatic N) is 2. The molecular formula is C18H15ClF2N4O2. The summed E-state index contributed by atoms with van der Waals surface area (Å²) >= 11 is 5.76. The number of ether oxygens (including phenoxy) is 1. The maximum Gasteiger partial charge on any atom is 0.310 e. The van der Waals surface area contributed by atoms with Crippen LogP contribution in [-0.2, 0) is 16.7 Å². The van der Waals surface area contributed by atoms with Gasteiger partial charge < -0.3 is 15.8 Å². The minimum absolute atomic E-state index is 0.121. The number of carbonyl (C=O) groups is 1. The molecule has 1 unspecified atom stereocenters. The molecule has 9 heteroatoms. The maximum absolute atomic E-state index is 14.7. The lowest BCUT2D eigenvalue weighted by atomic mass is 9.85. The van der Waals surface area contributed by atoms with Crippen LogP contribution >= 0.6 is 11.6 Å². The van der Waals surface area contributed by atoms with E-state index >= 15 is 0 Å². The number of fused-ring (bicyclic) bond motifs is 2. The molecule has 1 atom stereocenters. The summed E-state index contributed by atoms with van der Waals surface area (Å²) in [6.45, 7) is -0.826. The summed E-state index contributed by atoms with van der Waals surface area (Å²) in [5, 5.41) is 3.07. The van der Waals surface area contributed by atoms with Crippen LogP contribution in [0.5, 0.6) is 0 Å². The Balaban J connectivity index is 1.68. The molecule has 0 saturated heterocycles. The van der Waals surface area contributed by atoms with Crippen LogP contribution in [0.15, 0.2) is 41.5 Å². The van der Waals surface area contributed by atoms with Gasteiger partial charge in [-0.3, -0.25) is 4.79 Å². The molecule has 6 nitrogen and oxygen atoms in total. The van der Waals surface area contributed by atoms with Gasteiger partial charge in [0.1, 0.15) is 5.69 Å². The zero-order chi connectivity index (χ0) is 19.2. The second-order valence-corrected chi connectivity index (χ2v) is 6.93. The summed E-state index contributed by atoms with van der Waals surface area (Å²) in [6, 6.07) is 7.66. The standard InChI is InChI=1S/C18H15ClF2N4O2/c19-11-2-4-14(23-8-11)15(26)24-12-3-1-10-5-6-17(13(10)7-12)18(20,21)9-27-16(22)25-17/h1-4,7-8H,5-6,9H2,(H2,22,25)(H,24,26). The average Bonchev–Trinajstić information content (AvgIpc) is 2.99. The van der Waals surface area contributed by atoms with Crippen LogP contribution < -0.4 is 11.1 Å². The number of amidine groups is 1. The van der Waals surface area contributed by atoms with E-state index in [2.05, 4.69) is 15.3 Å². The minimum Gasteiger partial charge on any atom is -0.459 e. The molecule has 0 fully saturated rings. The summed E-state index contributed by atoms with van der Waals surface area (Å²) in [5.74, 6) is -3.68. The highest BCUT2D eigenvalue weighted by Crippen LogP contribution is 2.52. The monoisotopic (exact) mass is 392 g/mol. The van der Waals surface area contributed by atoms with Crippen LogP contribution in [0.1, 0.15) is 28.0 Å². The summed E-state index contributed by atoms with van der Waals surface area (Å²) in [5.41, 5.74) is 5.43. The molecule has 140 valence electrons. The second kappa shape index (κ2) is 6.16. The van der Waals surface area contributed by atoms with Crippen LogP contribution in [0.3, 0.4) is 0 Å². The number of anilines is 1. The van der Waals surface area contributed by atoms with Gasteiger partial charge in [0, 0.05) is 11.9 Å². The molecular weight excluding hydrogens is 378 g/mol. The van der Waals surface area contributed by atoms with Gasteiger partial charge in [-0.1, -0.05) is 17.7 Å². The molecule has 27 heavy (non-hydrogen) atoms. The molecule has 3 N–H and O–H groups in total. The van der Waals surface area contributed by atoms with E-state index in [4.69, 9.17) is 22.1 Å². The number of hydrogen-bond donors (Lipinski definition) is 2. The largest absolute Gasteiger partial charge is 0.459 e. The molecule has 0 radical (unpaired) electrons. The van der Waals surface area contributed by atoms with Crippen LogP contribution in [0.4, 0.5) is 14.5 Å². The Kier molecular flexibility index (Phi) is 4.03. The summed E-state index contributed by atoms with van der Waals surface area (Å²) < 4.78 is 34.2. The molecule has 1 aliphatic heterocycles. The fourth-order valence-corrected chi connectivity index (χ4v) is 3.61. The predicted molar refractivity (Wildman–Crippen MR) is 96.2 cm³/mol. The molecule has 0 saturated carbocycles. The van der Waals surface area contributed by atoms with Crippen molar-refractivity contribution in [3.63, 3.8) is 0 Å². The van der Waals surface area contributed by atoms with E-state index in [1.165, 1.54) is 18.3 Å². The number of alkyl halides is 2. The van der Waals surface area contributed by atoms with Crippen molar-refractivity contribution in [2.75, 3.05) is 11.9 Å². The van der Waals surface area contributed by atoms with Gasteiger partial charge in [0.2, 0.25) is 0 Å². The van der Waals surface area contributed by atoms with Gasteiger partial charge in [-0.05, 0) is 48.2 Å². The van der Waals surface area contributed by atoms with Gasteiger partial charge in [-0.2, -0.15) is 8.78 Å². The number of nitrogens with one attached hydrogen (secondary N) is 1. The van der Waals surface area contributed by atoms with Gasteiger partial charge >= 0.3 is 5.92 Å². The average molecular weight is 393 g/mol. The van der Waals surface area contributed by atoms with E-state index in [0.717, 1.165) is 5.56 Å². The number of pyridine rings is 1. The van der Waals surface area contributed by atoms with Gasteiger partial charge in [0.05, 0.1) is 5.02 Å². The Morgan fingerprint density at radius 3 is 2.85 bits per heavy atom. The number of rotatable bonds is 2. The van der Waals surface area contributed by atoms with Crippen LogP contribution in [0, 0.1) is 0 Å². The molecule has 1 spiro atoms. The lowest BCUT2D eigenvalue weighted by molar-refractivity contribution is -0.121. The lowest BCUT2D eigenvalue weighted by Gasteiger charge is -2.37. The zero-order valence-electron chi connectivity index (χ0n) is 14.0. The summed E-state index contributed by atoms with van der Waals surface area (Å²) in [4.78, 5) is 20.3. The van der Waals surface area contributed by atoms with E-state index < -0.39 is 24.0 Å². The third-order valence-corrected chi connectivity index (χ3v) is 5.06. The fraction of sp³-hybridized carbons (Fsp3) is 0.278. The van der Waals surface area contributed by atoms with Crippen molar-refractivity contribution in [3.8, 4) is 0 Å². The van der Waals surface area contributed by atoms with Gasteiger partial charge in [0.15, 0.2) is 12.1 Å². The van der Waals surface area contributed by atoms with Crippen molar-refractivity contribution in [1.82, 2.24) is 4.98 Å². The predicted octanol–water partition coefficient (Wildman–Crippen LogP) is 3.11. The van der Waals surface area contributed by atoms with Crippen molar-refractivity contribution < 1.29 is 18.3 Å². The number of nitrogens with two attached hydrogens (primary N) is 1. The van der Waals surface area contributed by atoms with Gasteiger partial charge in [-0.25, -0.2) is 9.98 Å². The second-order valence-electron chi connectivity index (χ2n) is 6.49. The first-order chi connectivity index (χ1) is 12.8. The van der Waals surface area contributed by atoms with E-state index in [0.29, 0.717) is 22.7 Å². The van der Waals surface area contributed by atoms with Crippen LogP contribution in [0.2, 0.25) is 5.02 Å². The molecule has 4 rings (SSSR count). The number of hydrogen-bond acceptors (Lipinski definition) is 5. The molecule has 0 bridgehead atoms. The topological polar surface area (TPSA) is 89.6 Å². The van der Waals surface area contributed by atoms with Crippen molar-refractivity contribution >= 4 is 29.2 Å². The van der Waals surface area contributed by atoms with E-state index in [1.54, 1.807) is 18.2 Å². The molecule has 2 aromatic rings. The SMILES string of the molecule is NC1=NC2(CCc3ccc(NC(=O)c4ccc(Cl)cn4)cc32)C(F)(F)CO1. The quantitative estimate of drug-likeness (QED) is 0.821. The number of halogens is 3. The number of carbonyl (C=O) groups excluding carboxylic acids is 1. The Morgan fingerprint density at radius 1 is 1.30 bits per heavy atom. The highest BCUT2D eigenvalue weighted by Gasteiger charge is 2.60. The Morgan fingerprint density at radius 2 is 2.11 bits per heavy atom. The normalized spacial score (nSPS) is 22.7. The lowest BCUT2D eigenvalue weighted by Crippen LogP contribution is -2.51. The zero-order valence-corrected chi connectivity index (χ0v) is 14.8. The highest BCUT2D eigenvalue weighted by molar-refractivity contribution is 6.30. The summed E-state index contributed by atoms with van der Waals surface area (Å²) in [6.07, 6.45) is 1.92. The Hall–Kier alpha value is -2.74. The molecule has 2 heterocycles. The Labute approximate surface area is 158 Å². The maximum atomic E-state index is 14.7. The number of aryl methyl sites for hydroxylation is 1. The number of benzene rings is 1. The van der Waals surface area contributed by atoms with Crippen molar-refractivity contribution in [2.24, 2.45) is 10.7 Å². The van der Waals surface area contributed by atoms with E-state index in [1.807, 2.05) is 0 Å². The first-order valence-electron chi connectivity index (χ1n) is 8.23. The molecule has 1 amide bonds. The molecule has 1 aromatic heterocycles. The molecule has 2 aliphatic rings. The van der Waals surface area contributed by atoms with Crippen LogP contribution in [0.25, 0.3) is 0 Å². The van der Waals surface area contributed by atoms with Crippen molar-refractivity contribution in [2.45, 2.75) is 24.3 Å². The fourth-order valence-electron chi connectivity index (χ4n) is 3.49. The van der Waals surface area contributed by atoms with Crippen molar-refractivity contribution in [1.29, 1.82) is 0 Å². The molecule has 1 aromatic carbocycles. The highest BCUT2D eigenvalue weighted by atomic mass is 35.5. The first-order valence-corrected chi connectivity index (χ1v) is 8.61.